The summed E-state index contributed by atoms with van der Waals surface area (Å²) in [5.74, 6) is 1.01. The molecule has 0 aliphatic rings. The fourth-order valence-corrected chi connectivity index (χ4v) is 2.31. The highest BCUT2D eigenvalue weighted by Gasteiger charge is 2.14. The molecule has 0 unspecified atom stereocenters. The van der Waals surface area contributed by atoms with Gasteiger partial charge in [0.1, 0.15) is 0 Å². The van der Waals surface area contributed by atoms with Gasteiger partial charge in [0.15, 0.2) is 5.82 Å². The van der Waals surface area contributed by atoms with Gasteiger partial charge in [-0.25, -0.2) is 0 Å². The highest BCUT2D eigenvalue weighted by atomic mass is 35.5. The predicted octanol–water partition coefficient (Wildman–Crippen LogP) is 3.87. The van der Waals surface area contributed by atoms with E-state index in [4.69, 9.17) is 21.9 Å². The van der Waals surface area contributed by atoms with Crippen molar-refractivity contribution in [3.63, 3.8) is 0 Å². The van der Waals surface area contributed by atoms with Crippen molar-refractivity contribution in [2.24, 2.45) is 0 Å². The lowest BCUT2D eigenvalue weighted by atomic mass is 10.1. The zero-order chi connectivity index (χ0) is 14.8. The number of benzene rings is 2. The zero-order valence-electron chi connectivity index (χ0n) is 11.5. The number of hydrogen-bond acceptors (Lipinski definition) is 4. The van der Waals surface area contributed by atoms with Crippen molar-refractivity contribution in [2.45, 2.75) is 13.3 Å². The van der Waals surface area contributed by atoms with Gasteiger partial charge in [0, 0.05) is 6.42 Å². The third-order valence-electron chi connectivity index (χ3n) is 3.36. The van der Waals surface area contributed by atoms with E-state index in [-0.39, 0.29) is 0 Å². The van der Waals surface area contributed by atoms with Crippen LogP contribution in [-0.2, 0) is 6.42 Å². The van der Waals surface area contributed by atoms with Gasteiger partial charge in [-0.3, -0.25) is 0 Å². The highest BCUT2D eigenvalue weighted by Crippen LogP contribution is 2.30. The van der Waals surface area contributed by atoms with Crippen LogP contribution in [0.3, 0.4) is 0 Å². The summed E-state index contributed by atoms with van der Waals surface area (Å²) in [6.45, 7) is 2.06. The maximum Gasteiger partial charge on any atom is 0.260 e. The average Bonchev–Trinajstić information content (AvgIpc) is 2.93. The summed E-state index contributed by atoms with van der Waals surface area (Å²) in [4.78, 5) is 4.40. The van der Waals surface area contributed by atoms with Gasteiger partial charge in [0.05, 0.1) is 16.3 Å². The van der Waals surface area contributed by atoms with Crippen LogP contribution >= 0.6 is 11.6 Å². The Morgan fingerprint density at radius 1 is 1.14 bits per heavy atom. The Morgan fingerprint density at radius 3 is 2.76 bits per heavy atom. The largest absolute Gasteiger partial charge is 0.397 e. The standard InChI is InChI=1S/C16H14ClN3O/c1-10-5-2-3-6-11(10)9-14-19-16(21-20-14)12-7-4-8-13(17)15(12)18/h2-8H,9,18H2,1H3. The minimum absolute atomic E-state index is 0.388. The first-order chi connectivity index (χ1) is 10.1. The van der Waals surface area contributed by atoms with E-state index in [9.17, 15) is 0 Å². The van der Waals surface area contributed by atoms with E-state index in [0.29, 0.717) is 34.4 Å². The number of nitrogens with two attached hydrogens (primary N) is 1. The van der Waals surface area contributed by atoms with Crippen LogP contribution in [0.5, 0.6) is 0 Å². The summed E-state index contributed by atoms with van der Waals surface area (Å²) in [7, 11) is 0. The molecule has 1 aromatic heterocycles. The van der Waals surface area contributed by atoms with Crippen molar-refractivity contribution in [1.29, 1.82) is 0 Å². The van der Waals surface area contributed by atoms with Gasteiger partial charge in [0.25, 0.3) is 5.89 Å². The van der Waals surface area contributed by atoms with Gasteiger partial charge in [-0.05, 0) is 30.2 Å². The molecule has 0 amide bonds. The zero-order valence-corrected chi connectivity index (χ0v) is 12.3. The molecule has 0 spiro atoms. The highest BCUT2D eigenvalue weighted by molar-refractivity contribution is 6.33. The fraction of sp³-hybridized carbons (Fsp3) is 0.125. The van der Waals surface area contributed by atoms with Gasteiger partial charge in [-0.15, -0.1) is 0 Å². The quantitative estimate of drug-likeness (QED) is 0.746. The molecule has 0 bridgehead atoms. The van der Waals surface area contributed by atoms with E-state index in [1.54, 1.807) is 12.1 Å². The van der Waals surface area contributed by atoms with E-state index in [2.05, 4.69) is 29.2 Å². The minimum atomic E-state index is 0.388. The molecular weight excluding hydrogens is 286 g/mol. The van der Waals surface area contributed by atoms with Crippen molar-refractivity contribution < 1.29 is 4.52 Å². The lowest BCUT2D eigenvalue weighted by Gasteiger charge is -2.02. The van der Waals surface area contributed by atoms with Crippen LogP contribution in [0.4, 0.5) is 5.69 Å². The van der Waals surface area contributed by atoms with Crippen LogP contribution in [0.15, 0.2) is 47.0 Å². The molecule has 4 nitrogen and oxygen atoms in total. The third kappa shape index (κ3) is 2.76. The Labute approximate surface area is 127 Å². The van der Waals surface area contributed by atoms with Crippen molar-refractivity contribution in [1.82, 2.24) is 10.1 Å². The van der Waals surface area contributed by atoms with E-state index in [1.165, 1.54) is 11.1 Å². The summed E-state index contributed by atoms with van der Waals surface area (Å²) < 4.78 is 5.30. The number of aryl methyl sites for hydroxylation is 1. The van der Waals surface area contributed by atoms with Crippen molar-refractivity contribution in [3.05, 3.63) is 64.4 Å². The summed E-state index contributed by atoms with van der Waals surface area (Å²) in [5, 5.41) is 4.49. The summed E-state index contributed by atoms with van der Waals surface area (Å²) >= 11 is 6.01. The molecule has 3 rings (SSSR count). The molecule has 0 atom stereocenters. The molecular formula is C16H14ClN3O. The van der Waals surface area contributed by atoms with Gasteiger partial charge >= 0.3 is 0 Å². The van der Waals surface area contributed by atoms with Gasteiger partial charge < -0.3 is 10.3 Å². The van der Waals surface area contributed by atoms with Crippen LogP contribution in [0, 0.1) is 6.92 Å². The van der Waals surface area contributed by atoms with Gasteiger partial charge in [0.2, 0.25) is 0 Å². The topological polar surface area (TPSA) is 64.9 Å². The summed E-state index contributed by atoms with van der Waals surface area (Å²) in [5.41, 5.74) is 9.42. The maximum absolute atomic E-state index is 6.01. The second kappa shape index (κ2) is 5.58. The number of hydrogen-bond donors (Lipinski definition) is 1. The molecule has 0 aliphatic carbocycles. The van der Waals surface area contributed by atoms with Crippen LogP contribution in [0.1, 0.15) is 17.0 Å². The van der Waals surface area contributed by atoms with E-state index >= 15 is 0 Å². The van der Waals surface area contributed by atoms with Crippen LogP contribution in [-0.4, -0.2) is 10.1 Å². The number of rotatable bonds is 3. The van der Waals surface area contributed by atoms with Crippen LogP contribution in [0.2, 0.25) is 5.02 Å². The predicted molar refractivity (Wildman–Crippen MR) is 83.1 cm³/mol. The Balaban J connectivity index is 1.90. The molecule has 5 heteroatoms. The molecule has 0 saturated carbocycles. The molecule has 2 N–H and O–H groups in total. The first-order valence-electron chi connectivity index (χ1n) is 6.56. The Hall–Kier alpha value is -2.33. The smallest absolute Gasteiger partial charge is 0.260 e. The van der Waals surface area contributed by atoms with Crippen LogP contribution in [0.25, 0.3) is 11.5 Å². The Kier molecular flexibility index (Phi) is 3.62. The molecule has 0 fully saturated rings. The summed E-state index contributed by atoms with van der Waals surface area (Å²) in [6.07, 6.45) is 0.622. The molecule has 0 saturated heterocycles. The first-order valence-corrected chi connectivity index (χ1v) is 6.94. The van der Waals surface area contributed by atoms with Gasteiger partial charge in [-0.1, -0.05) is 47.1 Å². The van der Waals surface area contributed by atoms with E-state index < -0.39 is 0 Å². The van der Waals surface area contributed by atoms with Gasteiger partial charge in [-0.2, -0.15) is 4.98 Å². The van der Waals surface area contributed by atoms with Crippen molar-refractivity contribution in [2.75, 3.05) is 5.73 Å². The minimum Gasteiger partial charge on any atom is -0.397 e. The second-order valence-electron chi connectivity index (χ2n) is 4.82. The Bertz CT molecular complexity index is 783. The molecule has 0 radical (unpaired) electrons. The lowest BCUT2D eigenvalue weighted by molar-refractivity contribution is 0.424. The number of para-hydroxylation sites is 1. The molecule has 106 valence electrons. The number of aromatic nitrogens is 2. The number of halogens is 1. The molecule has 3 aromatic rings. The SMILES string of the molecule is Cc1ccccc1Cc1noc(-c2cccc(Cl)c2N)n1. The number of nitrogens with zero attached hydrogens (tertiary/aromatic N) is 2. The summed E-state index contributed by atoms with van der Waals surface area (Å²) in [6, 6.07) is 13.5. The second-order valence-corrected chi connectivity index (χ2v) is 5.23. The molecule has 21 heavy (non-hydrogen) atoms. The lowest BCUT2D eigenvalue weighted by Crippen LogP contribution is -1.94. The third-order valence-corrected chi connectivity index (χ3v) is 3.69. The monoisotopic (exact) mass is 299 g/mol. The molecule has 2 aromatic carbocycles. The number of nitrogen functional groups attached to an aromatic ring is 1. The van der Waals surface area contributed by atoms with Crippen LogP contribution < -0.4 is 5.73 Å². The van der Waals surface area contributed by atoms with E-state index in [1.807, 2.05) is 18.2 Å². The Morgan fingerprint density at radius 2 is 1.95 bits per heavy atom. The average molecular weight is 300 g/mol. The maximum atomic E-state index is 6.01. The molecule has 1 heterocycles. The van der Waals surface area contributed by atoms with Crippen molar-refractivity contribution >= 4 is 17.3 Å². The fourth-order valence-electron chi connectivity index (χ4n) is 2.14. The molecule has 0 aliphatic heterocycles. The van der Waals surface area contributed by atoms with E-state index in [0.717, 1.165) is 0 Å². The first kappa shape index (κ1) is 13.6. The van der Waals surface area contributed by atoms with Crippen molar-refractivity contribution in [3.8, 4) is 11.5 Å². The normalized spacial score (nSPS) is 10.8. The number of anilines is 1.